The highest BCUT2D eigenvalue weighted by atomic mass is 16.1. The molecule has 1 unspecified atom stereocenters. The fraction of sp³-hybridized carbons (Fsp3) is 0.125. The maximum absolute atomic E-state index is 13.1. The van der Waals surface area contributed by atoms with Gasteiger partial charge in [0.15, 0.2) is 5.78 Å². The van der Waals surface area contributed by atoms with E-state index in [1.165, 1.54) is 10.5 Å². The highest BCUT2D eigenvalue weighted by Crippen LogP contribution is 2.16. The summed E-state index contributed by atoms with van der Waals surface area (Å²) in [5.74, 6) is 0.115. The van der Waals surface area contributed by atoms with Gasteiger partial charge < -0.3 is 4.90 Å². The number of carbonyl (C=O) groups excluding carboxylic acids is 1. The minimum Gasteiger partial charge on any atom is -0.323 e. The minimum atomic E-state index is 0.115. The third-order valence-electron chi connectivity index (χ3n) is 4.81. The number of hydrogen-bond donors (Lipinski definition) is 1. The van der Waals surface area contributed by atoms with Gasteiger partial charge >= 0.3 is 0 Å². The average molecular weight is 368 g/mol. The molecule has 2 aromatic heterocycles. The Balaban J connectivity index is 1.66. The number of ketones is 1. The number of nitrogens with zero attached hydrogens (tertiary/aromatic N) is 2. The lowest BCUT2D eigenvalue weighted by molar-refractivity contribution is -0.904. The Morgan fingerprint density at radius 2 is 1.36 bits per heavy atom. The Kier molecular flexibility index (Phi) is 5.50. The molecule has 138 valence electrons. The normalized spacial score (nSPS) is 19.9. The SMILES string of the molecule is O=C1/C(=C\c2cccnc2)C[NH+](Cc2ccccc2)C/C1=C\c1cccnc1. The smallest absolute Gasteiger partial charge is 0.196 e. The molecule has 4 rings (SSSR count). The van der Waals surface area contributed by atoms with Crippen LogP contribution < -0.4 is 4.90 Å². The first-order valence-corrected chi connectivity index (χ1v) is 9.41. The van der Waals surface area contributed by atoms with Crippen LogP contribution in [0.5, 0.6) is 0 Å². The van der Waals surface area contributed by atoms with Crippen molar-refractivity contribution in [3.8, 4) is 0 Å². The molecule has 3 heterocycles. The summed E-state index contributed by atoms with van der Waals surface area (Å²) >= 11 is 0. The van der Waals surface area contributed by atoms with Crippen molar-refractivity contribution in [1.82, 2.24) is 9.97 Å². The molecule has 1 saturated heterocycles. The number of benzene rings is 1. The number of pyridine rings is 2. The second-order valence-corrected chi connectivity index (χ2v) is 7.01. The van der Waals surface area contributed by atoms with Crippen LogP contribution in [0.2, 0.25) is 0 Å². The highest BCUT2D eigenvalue weighted by Gasteiger charge is 2.29. The van der Waals surface area contributed by atoms with E-state index < -0.39 is 0 Å². The molecule has 28 heavy (non-hydrogen) atoms. The van der Waals surface area contributed by atoms with Gasteiger partial charge in [0.1, 0.15) is 19.6 Å². The predicted octanol–water partition coefficient (Wildman–Crippen LogP) is 2.61. The van der Waals surface area contributed by atoms with E-state index in [-0.39, 0.29) is 5.78 Å². The number of piperidine rings is 1. The van der Waals surface area contributed by atoms with E-state index in [2.05, 4.69) is 34.2 Å². The molecule has 3 aromatic rings. The van der Waals surface area contributed by atoms with Crippen molar-refractivity contribution in [3.63, 3.8) is 0 Å². The molecule has 1 N–H and O–H groups in total. The zero-order valence-electron chi connectivity index (χ0n) is 15.6. The van der Waals surface area contributed by atoms with Crippen LogP contribution in [0.1, 0.15) is 16.7 Å². The molecule has 0 amide bonds. The number of quaternary nitrogens is 1. The summed E-state index contributed by atoms with van der Waals surface area (Å²) in [4.78, 5) is 22.8. The van der Waals surface area contributed by atoms with Crippen LogP contribution >= 0.6 is 0 Å². The lowest BCUT2D eigenvalue weighted by Gasteiger charge is -2.27. The minimum absolute atomic E-state index is 0.115. The number of hydrogen-bond acceptors (Lipinski definition) is 3. The van der Waals surface area contributed by atoms with Crippen molar-refractivity contribution in [2.75, 3.05) is 13.1 Å². The van der Waals surface area contributed by atoms with Crippen LogP contribution in [0.3, 0.4) is 0 Å². The van der Waals surface area contributed by atoms with Crippen molar-refractivity contribution < 1.29 is 9.69 Å². The van der Waals surface area contributed by atoms with E-state index in [1.807, 2.05) is 42.5 Å². The van der Waals surface area contributed by atoms with Gasteiger partial charge in [-0.3, -0.25) is 14.8 Å². The summed E-state index contributed by atoms with van der Waals surface area (Å²) in [6.45, 7) is 2.28. The van der Waals surface area contributed by atoms with E-state index in [9.17, 15) is 4.79 Å². The van der Waals surface area contributed by atoms with Gasteiger partial charge in [-0.1, -0.05) is 42.5 Å². The van der Waals surface area contributed by atoms with Crippen LogP contribution in [0.4, 0.5) is 0 Å². The first kappa shape index (κ1) is 18.0. The quantitative estimate of drug-likeness (QED) is 0.720. The van der Waals surface area contributed by atoms with Crippen molar-refractivity contribution >= 4 is 17.9 Å². The van der Waals surface area contributed by atoms with E-state index >= 15 is 0 Å². The highest BCUT2D eigenvalue weighted by molar-refractivity contribution is 6.14. The van der Waals surface area contributed by atoms with E-state index in [0.29, 0.717) is 13.1 Å². The Hall–Kier alpha value is -3.37. The predicted molar refractivity (Wildman–Crippen MR) is 110 cm³/mol. The van der Waals surface area contributed by atoms with Gasteiger partial charge in [-0.25, -0.2) is 0 Å². The molecule has 0 saturated carbocycles. The second-order valence-electron chi connectivity index (χ2n) is 7.01. The molecule has 1 atom stereocenters. The molecular formula is C24H22N3O+. The maximum Gasteiger partial charge on any atom is 0.196 e. The number of rotatable bonds is 4. The molecular weight excluding hydrogens is 346 g/mol. The summed E-state index contributed by atoms with van der Waals surface area (Å²) in [6, 6.07) is 18.1. The zero-order chi connectivity index (χ0) is 19.2. The molecule has 0 aliphatic carbocycles. The Labute approximate surface area is 164 Å². The summed E-state index contributed by atoms with van der Waals surface area (Å²) < 4.78 is 0. The number of carbonyl (C=O) groups is 1. The third kappa shape index (κ3) is 4.48. The van der Waals surface area contributed by atoms with Crippen molar-refractivity contribution in [1.29, 1.82) is 0 Å². The largest absolute Gasteiger partial charge is 0.323 e. The van der Waals surface area contributed by atoms with Gasteiger partial charge in [0.2, 0.25) is 0 Å². The summed E-state index contributed by atoms with van der Waals surface area (Å²) in [5, 5.41) is 0. The topological polar surface area (TPSA) is 47.3 Å². The molecule has 0 radical (unpaired) electrons. The number of likely N-dealkylation sites (tertiary alicyclic amines) is 1. The standard InChI is InChI=1S/C24H21N3O/c28-24-22(12-20-8-4-10-25-14-20)17-27(16-19-6-2-1-3-7-19)18-23(24)13-21-9-5-11-26-15-21/h1-15H,16-18H2/p+1/b22-12-,23-13+. The second kappa shape index (κ2) is 8.55. The monoisotopic (exact) mass is 368 g/mol. The number of aromatic nitrogens is 2. The van der Waals surface area contributed by atoms with Crippen LogP contribution in [0, 0.1) is 0 Å². The van der Waals surface area contributed by atoms with Crippen molar-refractivity contribution in [3.05, 3.63) is 107 Å². The van der Waals surface area contributed by atoms with Gasteiger partial charge in [0.05, 0.1) is 11.1 Å². The fourth-order valence-corrected chi connectivity index (χ4v) is 3.54. The van der Waals surface area contributed by atoms with Gasteiger partial charge in [-0.2, -0.15) is 0 Å². The zero-order valence-corrected chi connectivity index (χ0v) is 15.6. The van der Waals surface area contributed by atoms with Crippen LogP contribution in [0.25, 0.3) is 12.2 Å². The molecule has 1 aliphatic rings. The first-order chi connectivity index (χ1) is 13.8. The van der Waals surface area contributed by atoms with E-state index in [1.54, 1.807) is 24.8 Å². The molecule has 0 bridgehead atoms. The van der Waals surface area contributed by atoms with Crippen LogP contribution in [0.15, 0.2) is 90.5 Å². The Morgan fingerprint density at radius 3 is 1.86 bits per heavy atom. The van der Waals surface area contributed by atoms with E-state index in [4.69, 9.17) is 0 Å². The van der Waals surface area contributed by atoms with Crippen molar-refractivity contribution in [2.24, 2.45) is 0 Å². The average Bonchev–Trinajstić information content (AvgIpc) is 2.74. The van der Waals surface area contributed by atoms with Crippen LogP contribution in [-0.2, 0) is 11.3 Å². The van der Waals surface area contributed by atoms with E-state index in [0.717, 1.165) is 28.8 Å². The number of Topliss-reactive ketones (excluding diaryl/α,β-unsaturated/α-hetero) is 1. The molecule has 1 aromatic carbocycles. The molecule has 4 heteroatoms. The Bertz CT molecular complexity index is 934. The summed E-state index contributed by atoms with van der Waals surface area (Å²) in [5.41, 5.74) is 4.81. The molecule has 0 spiro atoms. The molecule has 4 nitrogen and oxygen atoms in total. The van der Waals surface area contributed by atoms with Gasteiger partial charge in [-0.05, 0) is 35.4 Å². The van der Waals surface area contributed by atoms with Crippen LogP contribution in [-0.4, -0.2) is 28.8 Å². The molecule has 1 fully saturated rings. The first-order valence-electron chi connectivity index (χ1n) is 9.41. The summed E-state index contributed by atoms with van der Waals surface area (Å²) in [7, 11) is 0. The lowest BCUT2D eigenvalue weighted by Crippen LogP contribution is -3.12. The van der Waals surface area contributed by atoms with Gasteiger partial charge in [0, 0.05) is 30.4 Å². The summed E-state index contributed by atoms with van der Waals surface area (Å²) in [6.07, 6.45) is 11.0. The van der Waals surface area contributed by atoms with Crippen molar-refractivity contribution in [2.45, 2.75) is 6.54 Å². The number of nitrogens with one attached hydrogen (secondary N) is 1. The lowest BCUT2D eigenvalue weighted by atomic mass is 9.94. The fourth-order valence-electron chi connectivity index (χ4n) is 3.54. The van der Waals surface area contributed by atoms with Gasteiger partial charge in [0.25, 0.3) is 0 Å². The third-order valence-corrected chi connectivity index (χ3v) is 4.81. The Morgan fingerprint density at radius 1 is 0.786 bits per heavy atom. The maximum atomic E-state index is 13.1. The van der Waals surface area contributed by atoms with Gasteiger partial charge in [-0.15, -0.1) is 0 Å². The molecule has 1 aliphatic heterocycles.